The summed E-state index contributed by atoms with van der Waals surface area (Å²) in [6.07, 6.45) is 0. The number of rotatable bonds is 5. The van der Waals surface area contributed by atoms with Crippen LogP contribution in [0.1, 0.15) is 16.7 Å². The number of hydrogen-bond donors (Lipinski definition) is 1. The van der Waals surface area contributed by atoms with E-state index in [1.807, 2.05) is 26.0 Å². The second kappa shape index (κ2) is 9.23. The number of aryl methyl sites for hydroxylation is 2. The topological polar surface area (TPSA) is 35.6 Å². The van der Waals surface area contributed by atoms with Gasteiger partial charge in [-0.05, 0) is 48.7 Å². The predicted molar refractivity (Wildman–Crippen MR) is 113 cm³/mol. The zero-order chi connectivity index (χ0) is 20.3. The maximum absolute atomic E-state index is 13.2. The molecule has 0 unspecified atom stereocenters. The number of amides is 1. The van der Waals surface area contributed by atoms with Crippen LogP contribution in [-0.2, 0) is 11.3 Å². The van der Waals surface area contributed by atoms with E-state index in [2.05, 4.69) is 15.1 Å². The van der Waals surface area contributed by atoms with Crippen molar-refractivity contribution >= 4 is 34.8 Å². The summed E-state index contributed by atoms with van der Waals surface area (Å²) in [6.45, 7) is 8.14. The van der Waals surface area contributed by atoms with Gasteiger partial charge in [-0.1, -0.05) is 35.3 Å². The first-order valence-electron chi connectivity index (χ1n) is 9.27. The van der Waals surface area contributed by atoms with Gasteiger partial charge in [0, 0.05) is 37.7 Å². The van der Waals surface area contributed by atoms with Crippen LogP contribution in [0.5, 0.6) is 0 Å². The molecule has 4 nitrogen and oxygen atoms in total. The van der Waals surface area contributed by atoms with Gasteiger partial charge in [0.15, 0.2) is 0 Å². The van der Waals surface area contributed by atoms with E-state index in [0.717, 1.165) is 42.9 Å². The standard InChI is InChI=1S/C21H24Cl2FN3O/c1-14-9-15(2)21(19(23)10-14)25-20(28)13-27-7-5-26(6-8-27)12-16-3-4-17(24)11-18(16)22/h3-4,9-11H,5-8,12-13H2,1-2H3,(H,25,28). The van der Waals surface area contributed by atoms with Crippen LogP contribution in [0.2, 0.25) is 10.0 Å². The number of carbonyl (C=O) groups excluding carboxylic acids is 1. The molecule has 2 aromatic carbocycles. The molecule has 0 radical (unpaired) electrons. The van der Waals surface area contributed by atoms with Crippen molar-refractivity contribution in [2.24, 2.45) is 0 Å². The molecule has 1 fully saturated rings. The molecular formula is C21H24Cl2FN3O. The summed E-state index contributed by atoms with van der Waals surface area (Å²) in [5.74, 6) is -0.391. The zero-order valence-corrected chi connectivity index (χ0v) is 17.6. The van der Waals surface area contributed by atoms with E-state index < -0.39 is 0 Å². The molecule has 3 rings (SSSR count). The van der Waals surface area contributed by atoms with Crippen LogP contribution in [0.15, 0.2) is 30.3 Å². The highest BCUT2D eigenvalue weighted by Crippen LogP contribution is 2.27. The molecular weight excluding hydrogens is 400 g/mol. The summed E-state index contributed by atoms with van der Waals surface area (Å²) in [7, 11) is 0. The van der Waals surface area contributed by atoms with Gasteiger partial charge in [0.25, 0.3) is 0 Å². The van der Waals surface area contributed by atoms with Gasteiger partial charge in [-0.3, -0.25) is 14.6 Å². The lowest BCUT2D eigenvalue weighted by Crippen LogP contribution is -2.48. The van der Waals surface area contributed by atoms with Crippen LogP contribution in [0, 0.1) is 19.7 Å². The van der Waals surface area contributed by atoms with Crippen molar-refractivity contribution in [2.75, 3.05) is 38.0 Å². The Morgan fingerprint density at radius 3 is 2.36 bits per heavy atom. The van der Waals surface area contributed by atoms with E-state index >= 15 is 0 Å². The molecule has 0 saturated carbocycles. The number of carbonyl (C=O) groups is 1. The molecule has 1 heterocycles. The fourth-order valence-electron chi connectivity index (χ4n) is 3.45. The fraction of sp³-hybridized carbons (Fsp3) is 0.381. The minimum atomic E-state index is -0.325. The van der Waals surface area contributed by atoms with E-state index in [1.165, 1.54) is 12.1 Å². The highest BCUT2D eigenvalue weighted by atomic mass is 35.5. The molecule has 1 aliphatic heterocycles. The van der Waals surface area contributed by atoms with Gasteiger partial charge in [0.1, 0.15) is 5.82 Å². The van der Waals surface area contributed by atoms with E-state index in [0.29, 0.717) is 28.8 Å². The smallest absolute Gasteiger partial charge is 0.238 e. The van der Waals surface area contributed by atoms with Gasteiger partial charge in [-0.15, -0.1) is 0 Å². The number of piperazine rings is 1. The molecule has 2 aromatic rings. The number of nitrogens with zero attached hydrogens (tertiary/aromatic N) is 2. The first-order valence-corrected chi connectivity index (χ1v) is 10.0. The predicted octanol–water partition coefficient (Wildman–Crippen LogP) is 4.51. The van der Waals surface area contributed by atoms with Gasteiger partial charge < -0.3 is 5.32 Å². The third kappa shape index (κ3) is 5.45. The monoisotopic (exact) mass is 423 g/mol. The quantitative estimate of drug-likeness (QED) is 0.768. The third-order valence-corrected chi connectivity index (χ3v) is 5.59. The Kier molecular flexibility index (Phi) is 6.94. The largest absolute Gasteiger partial charge is 0.323 e. The van der Waals surface area contributed by atoms with E-state index in [9.17, 15) is 9.18 Å². The van der Waals surface area contributed by atoms with Crippen LogP contribution in [0.3, 0.4) is 0 Å². The molecule has 28 heavy (non-hydrogen) atoms. The lowest BCUT2D eigenvalue weighted by atomic mass is 10.1. The highest BCUT2D eigenvalue weighted by Gasteiger charge is 2.20. The molecule has 1 N–H and O–H groups in total. The van der Waals surface area contributed by atoms with Crippen LogP contribution >= 0.6 is 23.2 Å². The maximum atomic E-state index is 13.2. The van der Waals surface area contributed by atoms with Crippen molar-refractivity contribution in [2.45, 2.75) is 20.4 Å². The first kappa shape index (κ1) is 21.1. The molecule has 0 bridgehead atoms. The van der Waals surface area contributed by atoms with Gasteiger partial charge in [-0.25, -0.2) is 4.39 Å². The molecule has 0 aromatic heterocycles. The second-order valence-electron chi connectivity index (χ2n) is 7.27. The van der Waals surface area contributed by atoms with Gasteiger partial charge >= 0.3 is 0 Å². The Balaban J connectivity index is 1.49. The first-order chi connectivity index (χ1) is 13.3. The number of anilines is 1. The summed E-state index contributed by atoms with van der Waals surface area (Å²) in [6, 6.07) is 8.35. The minimum Gasteiger partial charge on any atom is -0.323 e. The maximum Gasteiger partial charge on any atom is 0.238 e. The summed E-state index contributed by atoms with van der Waals surface area (Å²) in [5, 5.41) is 3.95. The third-order valence-electron chi connectivity index (χ3n) is 4.94. The van der Waals surface area contributed by atoms with Gasteiger partial charge in [0.05, 0.1) is 17.3 Å². The van der Waals surface area contributed by atoms with Crippen molar-refractivity contribution in [3.63, 3.8) is 0 Å². The van der Waals surface area contributed by atoms with Gasteiger partial charge in [0.2, 0.25) is 5.91 Å². The Labute approximate surface area is 175 Å². The van der Waals surface area contributed by atoms with Crippen LogP contribution < -0.4 is 5.32 Å². The van der Waals surface area contributed by atoms with Crippen molar-refractivity contribution in [3.05, 3.63) is 62.9 Å². The van der Waals surface area contributed by atoms with Crippen molar-refractivity contribution in [1.82, 2.24) is 9.80 Å². The second-order valence-corrected chi connectivity index (χ2v) is 8.09. The molecule has 0 atom stereocenters. The van der Waals surface area contributed by atoms with Crippen molar-refractivity contribution in [1.29, 1.82) is 0 Å². The Hall–Kier alpha value is -1.66. The highest BCUT2D eigenvalue weighted by molar-refractivity contribution is 6.34. The minimum absolute atomic E-state index is 0.0658. The lowest BCUT2D eigenvalue weighted by molar-refractivity contribution is -0.117. The Bertz CT molecular complexity index is 844. The van der Waals surface area contributed by atoms with Crippen molar-refractivity contribution in [3.8, 4) is 0 Å². The van der Waals surface area contributed by atoms with Crippen LogP contribution in [0.4, 0.5) is 10.1 Å². The normalized spacial score (nSPS) is 15.6. The van der Waals surface area contributed by atoms with Crippen LogP contribution in [-0.4, -0.2) is 48.4 Å². The molecule has 1 aliphatic rings. The number of hydrogen-bond acceptors (Lipinski definition) is 3. The summed E-state index contributed by atoms with van der Waals surface area (Å²) < 4.78 is 13.2. The average molecular weight is 424 g/mol. The molecule has 1 amide bonds. The zero-order valence-electron chi connectivity index (χ0n) is 16.1. The molecule has 7 heteroatoms. The SMILES string of the molecule is Cc1cc(C)c(NC(=O)CN2CCN(Cc3ccc(F)cc3Cl)CC2)c(Cl)c1. The van der Waals surface area contributed by atoms with E-state index in [4.69, 9.17) is 23.2 Å². The van der Waals surface area contributed by atoms with E-state index in [1.54, 1.807) is 6.07 Å². The Morgan fingerprint density at radius 2 is 1.71 bits per heavy atom. The number of halogens is 3. The molecule has 0 aliphatic carbocycles. The average Bonchev–Trinajstić information content (AvgIpc) is 2.62. The van der Waals surface area contributed by atoms with Gasteiger partial charge in [-0.2, -0.15) is 0 Å². The van der Waals surface area contributed by atoms with Crippen LogP contribution in [0.25, 0.3) is 0 Å². The summed E-state index contributed by atoms with van der Waals surface area (Å²) >= 11 is 12.4. The van der Waals surface area contributed by atoms with E-state index in [-0.39, 0.29) is 11.7 Å². The molecule has 150 valence electrons. The summed E-state index contributed by atoms with van der Waals surface area (Å²) in [5.41, 5.74) is 3.62. The number of benzene rings is 2. The fourth-order valence-corrected chi connectivity index (χ4v) is 4.05. The molecule has 0 spiro atoms. The Morgan fingerprint density at radius 1 is 1.04 bits per heavy atom. The number of nitrogens with one attached hydrogen (secondary N) is 1. The lowest BCUT2D eigenvalue weighted by Gasteiger charge is -2.34. The summed E-state index contributed by atoms with van der Waals surface area (Å²) in [4.78, 5) is 16.8. The molecule has 1 saturated heterocycles. The van der Waals surface area contributed by atoms with Crippen molar-refractivity contribution < 1.29 is 9.18 Å².